The summed E-state index contributed by atoms with van der Waals surface area (Å²) < 4.78 is 0. The highest BCUT2D eigenvalue weighted by Gasteiger charge is 2.48. The van der Waals surface area contributed by atoms with Gasteiger partial charge in [-0.1, -0.05) is 218 Å². The van der Waals surface area contributed by atoms with E-state index in [1.165, 1.54) is 0 Å². The van der Waals surface area contributed by atoms with Gasteiger partial charge in [0, 0.05) is 68.2 Å². The van der Waals surface area contributed by atoms with Crippen molar-refractivity contribution in [3.63, 3.8) is 0 Å². The summed E-state index contributed by atoms with van der Waals surface area (Å²) >= 11 is 0. The molecule has 0 spiro atoms. The molecular weight excluding hydrogens is 1080 g/mol. The average molecular weight is 1140 g/mol. The third-order valence-electron chi connectivity index (χ3n) is 17.2. The third-order valence-corrected chi connectivity index (χ3v) is 17.2. The summed E-state index contributed by atoms with van der Waals surface area (Å²) in [6, 6.07) is 137. The molecule has 0 aromatic heterocycles. The molecule has 0 unspecified atom stereocenters. The number of hydrogen-bond acceptors (Lipinski definition) is 4. The van der Waals surface area contributed by atoms with Crippen molar-refractivity contribution in [1.82, 2.24) is 0 Å². The molecule has 0 aliphatic heterocycles. The van der Waals surface area contributed by atoms with Gasteiger partial charge in [0.15, 0.2) is 0 Å². The molecule has 422 valence electrons. The summed E-state index contributed by atoms with van der Waals surface area (Å²) in [5.74, 6) is 0. The van der Waals surface area contributed by atoms with Crippen LogP contribution in [-0.2, 0) is 5.41 Å². The molecule has 4 heteroatoms. The van der Waals surface area contributed by atoms with E-state index >= 15 is 0 Å². The molecule has 0 saturated heterocycles. The first-order valence-corrected chi connectivity index (χ1v) is 30.5. The molecule has 0 fully saturated rings. The molecule has 0 heterocycles. The molecule has 4 nitrogen and oxygen atoms in total. The van der Waals surface area contributed by atoms with Gasteiger partial charge in [-0.15, -0.1) is 0 Å². The second kappa shape index (κ2) is 24.0. The Hall–Kier alpha value is -11.7. The molecule has 89 heavy (non-hydrogen) atoms. The predicted molar refractivity (Wildman–Crippen MR) is 373 cm³/mol. The molecule has 14 aromatic rings. The van der Waals surface area contributed by atoms with Gasteiger partial charge in [-0.3, -0.25) is 0 Å². The van der Waals surface area contributed by atoms with Crippen LogP contribution in [0, 0.1) is 0 Å². The fraction of sp³-hybridized carbons (Fsp3) is 0.0118. The summed E-state index contributed by atoms with van der Waals surface area (Å²) in [4.78, 5) is 9.66. The fourth-order valence-electron chi connectivity index (χ4n) is 13.3. The molecule has 0 amide bonds. The van der Waals surface area contributed by atoms with E-state index in [1.54, 1.807) is 0 Å². The average Bonchev–Trinajstić information content (AvgIpc) is 1.65. The topological polar surface area (TPSA) is 13.0 Å². The van der Waals surface area contributed by atoms with Gasteiger partial charge in [0.05, 0.1) is 5.41 Å². The van der Waals surface area contributed by atoms with Crippen LogP contribution >= 0.6 is 0 Å². The van der Waals surface area contributed by atoms with Crippen molar-refractivity contribution in [3.8, 4) is 33.4 Å². The lowest BCUT2D eigenvalue weighted by Crippen LogP contribution is -2.30. The zero-order valence-corrected chi connectivity index (χ0v) is 49.1. The minimum absolute atomic E-state index is 1.00. The summed E-state index contributed by atoms with van der Waals surface area (Å²) in [6.45, 7) is 0. The van der Waals surface area contributed by atoms with Crippen molar-refractivity contribution < 1.29 is 0 Å². The molecule has 0 N–H and O–H groups in total. The molecule has 1 aliphatic carbocycles. The standard InChI is InChI=1S/C85H62N4/c1-11-31-63(32-12-1)65-55-66(64-33-13-2-14-34-64)57-67(56-65)85(68-58-79(88(73-43-23-7-24-44-73)74-45-25-8-26-46-74)60-80(59-68)89(75-47-27-9-28-48-75)76-49-29-10-30-50-76)83-61-77(86(69-35-15-3-16-36-69)70-37-17-4-18-38-70)51-53-81(83)82-54-52-78(62-84(82)85)87(71-39-19-5-20-40-71)72-41-21-6-22-42-72/h1-62H. The van der Waals surface area contributed by atoms with Gasteiger partial charge in [-0.05, 0) is 213 Å². The molecule has 0 atom stereocenters. The summed E-state index contributed by atoms with van der Waals surface area (Å²) in [5, 5.41) is 0. The Kier molecular flexibility index (Phi) is 14.5. The van der Waals surface area contributed by atoms with E-state index in [0.717, 1.165) is 124 Å². The molecule has 0 saturated carbocycles. The first-order chi connectivity index (χ1) is 44.2. The Morgan fingerprint density at radius 2 is 0.393 bits per heavy atom. The number of nitrogens with zero attached hydrogens (tertiary/aromatic N) is 4. The van der Waals surface area contributed by atoms with Crippen molar-refractivity contribution in [2.45, 2.75) is 5.41 Å². The molecule has 0 bridgehead atoms. The second-order valence-corrected chi connectivity index (χ2v) is 22.5. The minimum Gasteiger partial charge on any atom is -0.310 e. The first kappa shape index (κ1) is 54.0. The van der Waals surface area contributed by atoms with Crippen LogP contribution in [0.5, 0.6) is 0 Å². The summed E-state index contributed by atoms with van der Waals surface area (Å²) in [6.07, 6.45) is 0. The van der Waals surface area contributed by atoms with Crippen LogP contribution in [0.3, 0.4) is 0 Å². The van der Waals surface area contributed by atoms with Crippen LogP contribution in [0.4, 0.5) is 68.2 Å². The third kappa shape index (κ3) is 10.3. The highest BCUT2D eigenvalue weighted by Crippen LogP contribution is 2.61. The van der Waals surface area contributed by atoms with E-state index in [-0.39, 0.29) is 0 Å². The smallest absolute Gasteiger partial charge is 0.0717 e. The van der Waals surface area contributed by atoms with Crippen LogP contribution < -0.4 is 19.6 Å². The van der Waals surface area contributed by atoms with Crippen LogP contribution in [0.2, 0.25) is 0 Å². The van der Waals surface area contributed by atoms with Crippen molar-refractivity contribution in [2.24, 2.45) is 0 Å². The number of fused-ring (bicyclic) bond motifs is 3. The van der Waals surface area contributed by atoms with E-state index in [2.05, 4.69) is 396 Å². The summed E-state index contributed by atoms with van der Waals surface area (Å²) in [5.41, 5.74) is 22.8. The first-order valence-electron chi connectivity index (χ1n) is 30.5. The van der Waals surface area contributed by atoms with Crippen LogP contribution in [0.15, 0.2) is 376 Å². The Morgan fingerprint density at radius 3 is 0.663 bits per heavy atom. The van der Waals surface area contributed by atoms with Gasteiger partial charge in [0.25, 0.3) is 0 Å². The largest absolute Gasteiger partial charge is 0.310 e. The number of para-hydroxylation sites is 8. The molecule has 15 rings (SSSR count). The fourth-order valence-corrected chi connectivity index (χ4v) is 13.3. The van der Waals surface area contributed by atoms with E-state index < -0.39 is 5.41 Å². The maximum atomic E-state index is 2.50. The zero-order valence-electron chi connectivity index (χ0n) is 49.1. The lowest BCUT2D eigenvalue weighted by molar-refractivity contribution is 0.769. The van der Waals surface area contributed by atoms with Crippen LogP contribution in [-0.4, -0.2) is 0 Å². The Balaban J connectivity index is 1.14. The van der Waals surface area contributed by atoms with Gasteiger partial charge < -0.3 is 19.6 Å². The minimum atomic E-state index is -1.05. The van der Waals surface area contributed by atoms with Gasteiger partial charge in [-0.25, -0.2) is 0 Å². The maximum Gasteiger partial charge on any atom is 0.0717 e. The van der Waals surface area contributed by atoms with Crippen molar-refractivity contribution in [1.29, 1.82) is 0 Å². The van der Waals surface area contributed by atoms with Crippen molar-refractivity contribution in [2.75, 3.05) is 19.6 Å². The monoisotopic (exact) mass is 1140 g/mol. The quantitative estimate of drug-likeness (QED) is 0.0956. The van der Waals surface area contributed by atoms with E-state index in [1.807, 2.05) is 0 Å². The summed E-state index contributed by atoms with van der Waals surface area (Å²) in [7, 11) is 0. The predicted octanol–water partition coefficient (Wildman–Crippen LogP) is 23.3. The number of hydrogen-bond donors (Lipinski definition) is 0. The number of rotatable bonds is 16. The van der Waals surface area contributed by atoms with E-state index in [9.17, 15) is 0 Å². The molecule has 1 aliphatic rings. The van der Waals surface area contributed by atoms with Crippen LogP contribution in [0.1, 0.15) is 22.3 Å². The van der Waals surface area contributed by atoms with E-state index in [4.69, 9.17) is 0 Å². The highest BCUT2D eigenvalue weighted by atomic mass is 15.2. The molecule has 0 radical (unpaired) electrons. The molecule has 14 aromatic carbocycles. The SMILES string of the molecule is c1ccc(-c2cc(-c3ccccc3)cc(C3(c4cc(N(c5ccccc5)c5ccccc5)cc(N(c5ccccc5)c5ccccc5)c4)c4cc(N(c5ccccc5)c5ccccc5)ccc4-c4ccc(N(c5ccccc5)c5ccccc5)cc43)c2)cc1. The second-order valence-electron chi connectivity index (χ2n) is 22.5. The van der Waals surface area contributed by atoms with Crippen molar-refractivity contribution in [3.05, 3.63) is 398 Å². The Labute approximate surface area is 522 Å². The zero-order chi connectivity index (χ0) is 59.4. The lowest BCUT2D eigenvalue weighted by Gasteiger charge is -2.38. The Morgan fingerprint density at radius 1 is 0.157 bits per heavy atom. The molecular formula is C85H62N4. The normalized spacial score (nSPS) is 11.9. The van der Waals surface area contributed by atoms with Gasteiger partial charge in [0.1, 0.15) is 0 Å². The van der Waals surface area contributed by atoms with Gasteiger partial charge in [0.2, 0.25) is 0 Å². The van der Waals surface area contributed by atoms with Crippen LogP contribution in [0.25, 0.3) is 33.4 Å². The number of benzene rings is 14. The lowest BCUT2D eigenvalue weighted by atomic mass is 9.66. The maximum absolute atomic E-state index is 2.50. The van der Waals surface area contributed by atoms with Gasteiger partial charge >= 0.3 is 0 Å². The van der Waals surface area contributed by atoms with Gasteiger partial charge in [-0.2, -0.15) is 0 Å². The highest BCUT2D eigenvalue weighted by molar-refractivity contribution is 5.95. The Bertz CT molecular complexity index is 4240. The van der Waals surface area contributed by atoms with Crippen molar-refractivity contribution >= 4 is 68.2 Å². The van der Waals surface area contributed by atoms with E-state index in [0.29, 0.717) is 0 Å². The number of anilines is 12.